The number of carbonyl (C=O) groups excluding carboxylic acids is 1. The SMILES string of the molecule is CCCCCCCCCCCCCCOc1ccc(CN(C(=O)c2ccc[n+](CCC)c2)c2ccccc2)cc1. The first kappa shape index (κ1) is 31.4. The monoisotopic (exact) mass is 543 g/mol. The molecule has 1 amide bonds. The average molecular weight is 544 g/mol. The second kappa shape index (κ2) is 19.0. The fourth-order valence-corrected chi connectivity index (χ4v) is 5.10. The third-order valence-corrected chi connectivity index (χ3v) is 7.43. The highest BCUT2D eigenvalue weighted by molar-refractivity contribution is 6.05. The lowest BCUT2D eigenvalue weighted by molar-refractivity contribution is -0.697. The molecule has 0 atom stereocenters. The number of ether oxygens (including phenoxy) is 1. The number of hydrogen-bond donors (Lipinski definition) is 0. The quantitative estimate of drug-likeness (QED) is 0.105. The van der Waals surface area contributed by atoms with Crippen LogP contribution in [0.4, 0.5) is 5.69 Å². The van der Waals surface area contributed by atoms with Gasteiger partial charge >= 0.3 is 0 Å². The molecule has 216 valence electrons. The van der Waals surface area contributed by atoms with Gasteiger partial charge in [-0.15, -0.1) is 0 Å². The molecule has 0 aliphatic heterocycles. The molecule has 40 heavy (non-hydrogen) atoms. The number of aryl methyl sites for hydroxylation is 1. The molecule has 1 aromatic heterocycles. The number of pyridine rings is 1. The van der Waals surface area contributed by atoms with Crippen LogP contribution in [0.25, 0.3) is 0 Å². The summed E-state index contributed by atoms with van der Waals surface area (Å²) in [6, 6.07) is 22.0. The molecule has 0 bridgehead atoms. The van der Waals surface area contributed by atoms with E-state index in [4.69, 9.17) is 4.74 Å². The Morgan fingerprint density at radius 3 is 1.95 bits per heavy atom. The summed E-state index contributed by atoms with van der Waals surface area (Å²) in [7, 11) is 0. The van der Waals surface area contributed by atoms with E-state index < -0.39 is 0 Å². The summed E-state index contributed by atoms with van der Waals surface area (Å²) in [6.45, 7) is 6.58. The van der Waals surface area contributed by atoms with Crippen LogP contribution in [-0.2, 0) is 13.1 Å². The van der Waals surface area contributed by atoms with Gasteiger partial charge in [-0.1, -0.05) is 115 Å². The van der Waals surface area contributed by atoms with Gasteiger partial charge in [0.1, 0.15) is 17.9 Å². The maximum Gasteiger partial charge on any atom is 0.264 e. The van der Waals surface area contributed by atoms with Gasteiger partial charge in [-0.05, 0) is 42.3 Å². The summed E-state index contributed by atoms with van der Waals surface area (Å²) < 4.78 is 8.09. The summed E-state index contributed by atoms with van der Waals surface area (Å²) >= 11 is 0. The molecule has 0 fully saturated rings. The van der Waals surface area contributed by atoms with E-state index in [-0.39, 0.29) is 5.91 Å². The maximum atomic E-state index is 13.6. The molecule has 0 unspecified atom stereocenters. The Bertz CT molecular complexity index is 1080. The Balaban J connectivity index is 1.42. The molecule has 0 saturated heterocycles. The summed E-state index contributed by atoms with van der Waals surface area (Å²) in [6.07, 6.45) is 21.1. The van der Waals surface area contributed by atoms with Crippen LogP contribution in [0.2, 0.25) is 0 Å². The fourth-order valence-electron chi connectivity index (χ4n) is 5.10. The Labute approximate surface area is 243 Å². The van der Waals surface area contributed by atoms with E-state index in [0.717, 1.165) is 43.0 Å². The number of anilines is 1. The zero-order valence-electron chi connectivity index (χ0n) is 25.0. The van der Waals surface area contributed by atoms with Crippen LogP contribution in [0.1, 0.15) is 113 Å². The van der Waals surface area contributed by atoms with Crippen molar-refractivity contribution < 1.29 is 14.1 Å². The fraction of sp³-hybridized carbons (Fsp3) is 0.500. The van der Waals surface area contributed by atoms with Gasteiger partial charge in [-0.25, -0.2) is 4.57 Å². The molecule has 1 heterocycles. The van der Waals surface area contributed by atoms with Crippen molar-refractivity contribution in [1.29, 1.82) is 0 Å². The Hall–Kier alpha value is -3.14. The Morgan fingerprint density at radius 1 is 0.700 bits per heavy atom. The van der Waals surface area contributed by atoms with Crippen LogP contribution in [0.5, 0.6) is 5.75 Å². The van der Waals surface area contributed by atoms with Crippen molar-refractivity contribution in [3.63, 3.8) is 0 Å². The van der Waals surface area contributed by atoms with Crippen molar-refractivity contribution in [1.82, 2.24) is 0 Å². The highest BCUT2D eigenvalue weighted by Gasteiger charge is 2.20. The number of carbonyl (C=O) groups is 1. The second-order valence-corrected chi connectivity index (χ2v) is 10.9. The molecule has 0 saturated carbocycles. The molecule has 0 spiro atoms. The topological polar surface area (TPSA) is 33.4 Å². The normalized spacial score (nSPS) is 10.9. The van der Waals surface area contributed by atoms with Gasteiger partial charge in [-0.3, -0.25) is 4.79 Å². The molecule has 0 aliphatic rings. The zero-order valence-corrected chi connectivity index (χ0v) is 25.0. The number of hydrogen-bond acceptors (Lipinski definition) is 2. The summed E-state index contributed by atoms with van der Waals surface area (Å²) in [4.78, 5) is 15.5. The van der Waals surface area contributed by atoms with Crippen LogP contribution in [0, 0.1) is 0 Å². The predicted molar refractivity (Wildman–Crippen MR) is 167 cm³/mol. The van der Waals surface area contributed by atoms with Crippen molar-refractivity contribution in [3.8, 4) is 5.75 Å². The molecular weight excluding hydrogens is 492 g/mol. The highest BCUT2D eigenvalue weighted by Crippen LogP contribution is 2.21. The van der Waals surface area contributed by atoms with Crippen LogP contribution in [-0.4, -0.2) is 12.5 Å². The third kappa shape index (κ3) is 11.5. The van der Waals surface area contributed by atoms with Gasteiger partial charge in [0.05, 0.1) is 13.2 Å². The summed E-state index contributed by atoms with van der Waals surface area (Å²) in [5.74, 6) is 0.900. The van der Waals surface area contributed by atoms with E-state index >= 15 is 0 Å². The van der Waals surface area contributed by atoms with Gasteiger partial charge in [0.15, 0.2) is 12.4 Å². The van der Waals surface area contributed by atoms with E-state index in [2.05, 4.69) is 30.5 Å². The molecule has 2 aromatic carbocycles. The molecular formula is C36H51N2O2+. The highest BCUT2D eigenvalue weighted by atomic mass is 16.5. The largest absolute Gasteiger partial charge is 0.494 e. The first-order valence-corrected chi connectivity index (χ1v) is 15.8. The molecule has 0 radical (unpaired) electrons. The molecule has 3 rings (SSSR count). The lowest BCUT2D eigenvalue weighted by atomic mass is 10.1. The van der Waals surface area contributed by atoms with Crippen molar-refractivity contribution in [2.45, 2.75) is 110 Å². The van der Waals surface area contributed by atoms with Gasteiger partial charge in [0, 0.05) is 18.2 Å². The molecule has 0 N–H and O–H groups in total. The summed E-state index contributed by atoms with van der Waals surface area (Å²) in [5, 5.41) is 0. The van der Waals surface area contributed by atoms with E-state index in [1.54, 1.807) is 0 Å². The predicted octanol–water partition coefficient (Wildman–Crippen LogP) is 9.31. The number of amides is 1. The number of benzene rings is 2. The van der Waals surface area contributed by atoms with E-state index in [0.29, 0.717) is 12.1 Å². The molecule has 4 nitrogen and oxygen atoms in total. The van der Waals surface area contributed by atoms with Crippen LogP contribution in [0.15, 0.2) is 79.1 Å². The smallest absolute Gasteiger partial charge is 0.264 e. The van der Waals surface area contributed by atoms with Crippen molar-refractivity contribution >= 4 is 11.6 Å². The molecule has 3 aromatic rings. The minimum absolute atomic E-state index is 0.00366. The minimum atomic E-state index is 0.00366. The standard InChI is InChI=1S/C36H51N2O2/c1-3-5-6-7-8-9-10-11-12-13-14-18-29-40-35-25-23-32(24-26-35)30-38(34-21-16-15-17-22-34)36(39)33-20-19-28-37(31-33)27-4-2/h15-17,19-26,28,31H,3-14,18,27,29-30H2,1-2H3/q+1. The van der Waals surface area contributed by atoms with E-state index in [1.165, 1.54) is 70.6 Å². The van der Waals surface area contributed by atoms with E-state index in [9.17, 15) is 4.79 Å². The van der Waals surface area contributed by atoms with E-state index in [1.807, 2.05) is 71.9 Å². The summed E-state index contributed by atoms with van der Waals surface area (Å²) in [5.41, 5.74) is 2.67. The van der Waals surface area contributed by atoms with Crippen LogP contribution < -0.4 is 14.2 Å². The minimum Gasteiger partial charge on any atom is -0.494 e. The lowest BCUT2D eigenvalue weighted by Gasteiger charge is -2.23. The van der Waals surface area contributed by atoms with Gasteiger partial charge < -0.3 is 9.64 Å². The Kier molecular flexibility index (Phi) is 14.9. The lowest BCUT2D eigenvalue weighted by Crippen LogP contribution is -2.36. The number of aromatic nitrogens is 1. The number of rotatable bonds is 20. The first-order chi connectivity index (χ1) is 19.7. The number of para-hydroxylation sites is 1. The van der Waals surface area contributed by atoms with Gasteiger partial charge in [-0.2, -0.15) is 0 Å². The van der Waals surface area contributed by atoms with Crippen LogP contribution in [0.3, 0.4) is 0 Å². The zero-order chi connectivity index (χ0) is 28.3. The molecule has 4 heteroatoms. The van der Waals surface area contributed by atoms with Crippen molar-refractivity contribution in [2.24, 2.45) is 0 Å². The average Bonchev–Trinajstić information content (AvgIpc) is 2.99. The van der Waals surface area contributed by atoms with Crippen molar-refractivity contribution in [2.75, 3.05) is 11.5 Å². The Morgan fingerprint density at radius 2 is 1.32 bits per heavy atom. The van der Waals surface area contributed by atoms with Crippen molar-refractivity contribution in [3.05, 3.63) is 90.3 Å². The van der Waals surface area contributed by atoms with Gasteiger partial charge in [0.2, 0.25) is 0 Å². The number of unbranched alkanes of at least 4 members (excludes halogenated alkanes) is 11. The van der Waals surface area contributed by atoms with Gasteiger partial charge in [0.25, 0.3) is 5.91 Å². The maximum absolute atomic E-state index is 13.6. The second-order valence-electron chi connectivity index (χ2n) is 10.9. The molecule has 0 aliphatic carbocycles. The number of nitrogens with zero attached hydrogens (tertiary/aromatic N) is 2. The third-order valence-electron chi connectivity index (χ3n) is 7.43. The van der Waals surface area contributed by atoms with Crippen LogP contribution >= 0.6 is 0 Å². The first-order valence-electron chi connectivity index (χ1n) is 15.8.